The van der Waals surface area contributed by atoms with Gasteiger partial charge in [-0.15, -0.1) is 0 Å². The molecule has 2 rings (SSSR count). The van der Waals surface area contributed by atoms with Crippen LogP contribution in [0.1, 0.15) is 35.8 Å². The molecule has 84 valence electrons. The Morgan fingerprint density at radius 1 is 1.07 bits per heavy atom. The van der Waals surface area contributed by atoms with Crippen LogP contribution in [0.5, 0.6) is 0 Å². The van der Waals surface area contributed by atoms with Gasteiger partial charge >= 0.3 is 11.9 Å². The molecule has 0 spiro atoms. The molecular weight excluding hydrogens is 196 g/mol. The normalized spacial score (nSPS) is 49.5. The van der Waals surface area contributed by atoms with E-state index in [0.717, 1.165) is 0 Å². The lowest BCUT2D eigenvalue weighted by atomic mass is 9.94. The third-order valence-corrected chi connectivity index (χ3v) is 2.92. The van der Waals surface area contributed by atoms with Gasteiger partial charge in [0.25, 0.3) is 0 Å². The zero-order chi connectivity index (χ0) is 12.7. The van der Waals surface area contributed by atoms with Crippen LogP contribution in [0.2, 0.25) is 0 Å². The monoisotopic (exact) mass is 214 g/mol. The Morgan fingerprint density at radius 3 is 1.80 bits per heavy atom. The van der Waals surface area contributed by atoms with Crippen LogP contribution < -0.4 is 0 Å². The van der Waals surface area contributed by atoms with Gasteiger partial charge in [-0.25, -0.2) is 0 Å². The fourth-order valence-electron chi connectivity index (χ4n) is 2.42. The first-order valence-corrected chi connectivity index (χ1v) is 5.10. The van der Waals surface area contributed by atoms with E-state index in [2.05, 4.69) is 0 Å². The Bertz CT molecular complexity index is 314. The van der Waals surface area contributed by atoms with Crippen molar-refractivity contribution in [2.45, 2.75) is 45.3 Å². The molecular formula is C11H16O4. The van der Waals surface area contributed by atoms with E-state index in [9.17, 15) is 9.59 Å². The van der Waals surface area contributed by atoms with Gasteiger partial charge in [-0.3, -0.25) is 9.59 Å². The van der Waals surface area contributed by atoms with Crippen molar-refractivity contribution in [1.82, 2.24) is 0 Å². The summed E-state index contributed by atoms with van der Waals surface area (Å²) in [6.45, 7) is 2.60. The zero-order valence-electron chi connectivity index (χ0n) is 10.8. The van der Waals surface area contributed by atoms with Gasteiger partial charge in [0, 0.05) is 28.4 Å². The minimum atomic E-state index is -0.559. The molecule has 4 nitrogen and oxygen atoms in total. The third-order valence-electron chi connectivity index (χ3n) is 2.92. The van der Waals surface area contributed by atoms with E-state index in [-0.39, 0.29) is 11.8 Å². The largest absolute Gasteiger partial charge is 0.458 e. The van der Waals surface area contributed by atoms with Crippen LogP contribution in [-0.2, 0) is 19.1 Å². The Kier molecular flexibility index (Phi) is 2.08. The Morgan fingerprint density at radius 2 is 1.47 bits per heavy atom. The molecule has 0 aliphatic heterocycles. The van der Waals surface area contributed by atoms with Crippen LogP contribution in [0.15, 0.2) is 0 Å². The van der Waals surface area contributed by atoms with Crippen LogP contribution in [0.4, 0.5) is 0 Å². The molecule has 0 saturated heterocycles. The summed E-state index contributed by atoms with van der Waals surface area (Å²) in [4.78, 5) is 22.0. The van der Waals surface area contributed by atoms with Crippen molar-refractivity contribution in [2.75, 3.05) is 0 Å². The summed E-state index contributed by atoms with van der Waals surface area (Å²) in [6.07, 6.45) is -1.60. The molecule has 2 fully saturated rings. The van der Waals surface area contributed by atoms with Crippen molar-refractivity contribution in [3.63, 3.8) is 0 Å². The average molecular weight is 214 g/mol. The summed E-state index contributed by atoms with van der Waals surface area (Å²) in [5.74, 6) is -1.24. The van der Waals surface area contributed by atoms with Gasteiger partial charge in [-0.2, -0.15) is 0 Å². The van der Waals surface area contributed by atoms with E-state index in [1.807, 2.05) is 0 Å². The Hall–Kier alpha value is -1.06. The summed E-state index contributed by atoms with van der Waals surface area (Å²) in [5, 5.41) is 0. The summed E-state index contributed by atoms with van der Waals surface area (Å²) in [5.41, 5.74) is 0. The van der Waals surface area contributed by atoms with E-state index in [4.69, 9.17) is 12.2 Å². The predicted molar refractivity (Wildman–Crippen MR) is 51.9 cm³/mol. The first-order chi connectivity index (χ1) is 7.91. The fourth-order valence-corrected chi connectivity index (χ4v) is 2.42. The van der Waals surface area contributed by atoms with Crippen LogP contribution >= 0.6 is 0 Å². The lowest BCUT2D eigenvalue weighted by Crippen LogP contribution is -2.39. The average Bonchev–Trinajstić information content (AvgIpc) is 2.66. The molecule has 6 atom stereocenters. The van der Waals surface area contributed by atoms with E-state index < -0.39 is 36.9 Å². The number of fused-ring (bicyclic) bond motifs is 2. The van der Waals surface area contributed by atoms with Gasteiger partial charge < -0.3 is 9.47 Å². The Labute approximate surface area is 91.7 Å². The number of rotatable bonds is 2. The molecule has 0 aromatic rings. The molecule has 15 heavy (non-hydrogen) atoms. The number of hydrogen-bond donors (Lipinski definition) is 0. The van der Waals surface area contributed by atoms with Crippen molar-refractivity contribution < 1.29 is 21.8 Å². The van der Waals surface area contributed by atoms with Crippen molar-refractivity contribution >= 4 is 11.9 Å². The molecule has 0 radical (unpaired) electrons. The second-order valence-corrected chi connectivity index (χ2v) is 4.10. The molecule has 0 amide bonds. The minimum Gasteiger partial charge on any atom is -0.458 e. The van der Waals surface area contributed by atoms with E-state index in [1.54, 1.807) is 0 Å². The first-order valence-electron chi connectivity index (χ1n) is 6.26. The van der Waals surface area contributed by atoms with Gasteiger partial charge in [-0.05, 0) is 19.2 Å². The number of esters is 2. The number of carbonyl (C=O) groups excluding carboxylic acids is 2. The smallest absolute Gasteiger partial charge is 0.303 e. The number of carbonyl (C=O) groups is 2. The summed E-state index contributed by atoms with van der Waals surface area (Å²) < 4.78 is 26.0. The maximum absolute atomic E-state index is 11.0. The van der Waals surface area contributed by atoms with Gasteiger partial charge in [0.2, 0.25) is 0 Å². The molecule has 2 bridgehead atoms. The van der Waals surface area contributed by atoms with Crippen LogP contribution in [0, 0.1) is 11.8 Å². The topological polar surface area (TPSA) is 52.6 Å². The van der Waals surface area contributed by atoms with Crippen molar-refractivity contribution in [2.24, 2.45) is 11.8 Å². The van der Waals surface area contributed by atoms with Gasteiger partial charge in [0.05, 0.1) is 0 Å². The summed E-state index contributed by atoms with van der Waals surface area (Å²) in [6, 6.07) is 0. The zero-order valence-corrected chi connectivity index (χ0v) is 8.80. The SMILES string of the molecule is [2H][C@@H]1[C@H]([2H])[C@@H]2C[C@H]1[C@@H](OC(C)=O)[C@H]2OC(C)=O. The molecule has 0 unspecified atom stereocenters. The molecule has 4 heteroatoms. The van der Waals surface area contributed by atoms with Crippen molar-refractivity contribution in [3.05, 3.63) is 0 Å². The standard InChI is InChI=1S/C11H16O4/c1-6(12)14-10-8-3-4-9(5-8)11(10)15-7(2)13/h8-11H,3-5H2,1-2H3/t8-,9+,10+,11-/i3D,4D/t3-,4+,8+,9-,10-,11+. The second-order valence-electron chi connectivity index (χ2n) is 4.10. The predicted octanol–water partition coefficient (Wildman–Crippen LogP) is 1.28. The van der Waals surface area contributed by atoms with Crippen LogP contribution in [0.3, 0.4) is 0 Å². The highest BCUT2D eigenvalue weighted by Crippen LogP contribution is 2.47. The quantitative estimate of drug-likeness (QED) is 0.650. The summed E-state index contributed by atoms with van der Waals surface area (Å²) >= 11 is 0. The highest BCUT2D eigenvalue weighted by Gasteiger charge is 2.51. The first kappa shape index (κ1) is 8.13. The van der Waals surface area contributed by atoms with Gasteiger partial charge in [0.1, 0.15) is 12.2 Å². The van der Waals surface area contributed by atoms with Crippen molar-refractivity contribution in [3.8, 4) is 0 Å². The highest BCUT2D eigenvalue weighted by atomic mass is 16.6. The molecule has 0 aromatic carbocycles. The molecule has 0 aromatic heterocycles. The number of ether oxygens (including phenoxy) is 2. The van der Waals surface area contributed by atoms with Gasteiger partial charge in [-0.1, -0.05) is 0 Å². The minimum absolute atomic E-state index is 0.184. The highest BCUT2D eigenvalue weighted by molar-refractivity contribution is 5.67. The van der Waals surface area contributed by atoms with E-state index in [1.165, 1.54) is 13.8 Å². The molecule has 0 N–H and O–H groups in total. The number of hydrogen-bond acceptors (Lipinski definition) is 4. The Balaban J connectivity index is 2.17. The molecule has 0 heterocycles. The van der Waals surface area contributed by atoms with Crippen molar-refractivity contribution in [1.29, 1.82) is 0 Å². The second kappa shape index (κ2) is 3.83. The maximum atomic E-state index is 11.0. The molecule has 2 aliphatic carbocycles. The van der Waals surface area contributed by atoms with E-state index in [0.29, 0.717) is 6.42 Å². The molecule has 2 aliphatic rings. The van der Waals surface area contributed by atoms with Crippen LogP contribution in [-0.4, -0.2) is 24.1 Å². The fraction of sp³-hybridized carbons (Fsp3) is 0.818. The maximum Gasteiger partial charge on any atom is 0.303 e. The summed E-state index contributed by atoms with van der Waals surface area (Å²) in [7, 11) is 0. The van der Waals surface area contributed by atoms with Gasteiger partial charge in [0.15, 0.2) is 0 Å². The molecule has 2 saturated carbocycles. The lowest BCUT2D eigenvalue weighted by Gasteiger charge is -2.29. The van der Waals surface area contributed by atoms with Crippen LogP contribution in [0.25, 0.3) is 0 Å². The third kappa shape index (κ3) is 1.98. The van der Waals surface area contributed by atoms with E-state index >= 15 is 0 Å². The lowest BCUT2D eigenvalue weighted by molar-refractivity contribution is -0.169.